The largest absolute Gasteiger partial charge is 0.324 e. The van der Waals surface area contributed by atoms with Gasteiger partial charge in [0.05, 0.1) is 15.9 Å². The van der Waals surface area contributed by atoms with E-state index in [1.54, 1.807) is 54.9 Å². The Morgan fingerprint density at radius 3 is 2.45 bits per heavy atom. The van der Waals surface area contributed by atoms with Crippen molar-refractivity contribution in [2.45, 2.75) is 24.8 Å². The predicted molar refractivity (Wildman–Crippen MR) is 147 cm³/mol. The van der Waals surface area contributed by atoms with E-state index in [1.807, 2.05) is 29.7 Å². The molecule has 0 radical (unpaired) electrons. The number of hydrogen-bond acceptors (Lipinski definition) is 7. The molecule has 0 aliphatic carbocycles. The Bertz CT molecular complexity index is 1690. The lowest BCUT2D eigenvalue weighted by Crippen LogP contribution is -2.17. The number of aromatic nitrogens is 4. The van der Waals surface area contributed by atoms with E-state index >= 15 is 0 Å². The van der Waals surface area contributed by atoms with Gasteiger partial charge in [-0.2, -0.15) is 0 Å². The molecule has 38 heavy (non-hydrogen) atoms. The molecule has 0 unspecified atom stereocenters. The minimum absolute atomic E-state index is 0.135. The van der Waals surface area contributed by atoms with Gasteiger partial charge in [-0.3, -0.25) is 14.8 Å². The standard InChI is InChI=1S/C27H25N7O3S/c1-2-16-34-24-13-12-20(30-26-28-14-7-15-29-26)18-23(24)31-27(34)32-25(35)19-8-6-9-21(17-19)33-38(36,37)22-10-4-3-5-11-22/h3-15,17-18,33H,2,16H2,1H3,(H,28,29,30)(H,31,32,35). The first-order valence-corrected chi connectivity index (χ1v) is 13.4. The molecule has 3 N–H and O–H groups in total. The van der Waals surface area contributed by atoms with Crippen LogP contribution in [0.2, 0.25) is 0 Å². The Morgan fingerprint density at radius 2 is 1.68 bits per heavy atom. The summed E-state index contributed by atoms with van der Waals surface area (Å²) < 4.78 is 29.9. The summed E-state index contributed by atoms with van der Waals surface area (Å²) in [6, 6.07) is 21.8. The molecule has 0 spiro atoms. The highest BCUT2D eigenvalue weighted by Gasteiger charge is 2.17. The lowest BCUT2D eigenvalue weighted by Gasteiger charge is -2.11. The summed E-state index contributed by atoms with van der Waals surface area (Å²) in [6.07, 6.45) is 4.14. The van der Waals surface area contributed by atoms with Crippen LogP contribution in [-0.4, -0.2) is 33.8 Å². The molecule has 0 saturated carbocycles. The van der Waals surface area contributed by atoms with Crippen LogP contribution in [0.4, 0.5) is 23.3 Å². The van der Waals surface area contributed by atoms with Crippen molar-refractivity contribution in [2.24, 2.45) is 0 Å². The second-order valence-corrected chi connectivity index (χ2v) is 10.1. The molecule has 5 aromatic rings. The van der Waals surface area contributed by atoms with Gasteiger partial charge in [-0.1, -0.05) is 31.2 Å². The molecule has 0 aliphatic rings. The maximum Gasteiger partial charge on any atom is 0.261 e. The smallest absolute Gasteiger partial charge is 0.261 e. The van der Waals surface area contributed by atoms with E-state index in [4.69, 9.17) is 0 Å². The molecule has 0 fully saturated rings. The van der Waals surface area contributed by atoms with Gasteiger partial charge >= 0.3 is 0 Å². The molecule has 0 atom stereocenters. The van der Waals surface area contributed by atoms with Gasteiger partial charge in [0.2, 0.25) is 11.9 Å². The van der Waals surface area contributed by atoms with E-state index in [1.165, 1.54) is 18.2 Å². The molecule has 11 heteroatoms. The van der Waals surface area contributed by atoms with Gasteiger partial charge in [0.25, 0.3) is 15.9 Å². The molecule has 3 aromatic carbocycles. The maximum absolute atomic E-state index is 13.2. The van der Waals surface area contributed by atoms with Crippen molar-refractivity contribution in [1.29, 1.82) is 0 Å². The van der Waals surface area contributed by atoms with Crippen LogP contribution < -0.4 is 15.4 Å². The monoisotopic (exact) mass is 527 g/mol. The van der Waals surface area contributed by atoms with Crippen molar-refractivity contribution in [3.05, 3.63) is 96.8 Å². The van der Waals surface area contributed by atoms with Gasteiger partial charge < -0.3 is 9.88 Å². The van der Waals surface area contributed by atoms with Crippen LogP contribution in [-0.2, 0) is 16.6 Å². The third kappa shape index (κ3) is 5.47. The van der Waals surface area contributed by atoms with E-state index < -0.39 is 15.9 Å². The van der Waals surface area contributed by atoms with Crippen LogP contribution in [0, 0.1) is 0 Å². The normalized spacial score (nSPS) is 11.3. The summed E-state index contributed by atoms with van der Waals surface area (Å²) in [4.78, 5) is 26.3. The van der Waals surface area contributed by atoms with E-state index in [0.29, 0.717) is 24.0 Å². The number of rotatable bonds is 9. The number of amides is 1. The lowest BCUT2D eigenvalue weighted by molar-refractivity contribution is 0.102. The van der Waals surface area contributed by atoms with Crippen molar-refractivity contribution < 1.29 is 13.2 Å². The maximum atomic E-state index is 13.2. The average molecular weight is 528 g/mol. The van der Waals surface area contributed by atoms with Crippen LogP contribution in [0.25, 0.3) is 11.0 Å². The Balaban J connectivity index is 1.38. The number of anilines is 4. The van der Waals surface area contributed by atoms with Crippen molar-refractivity contribution in [3.8, 4) is 0 Å². The zero-order chi connectivity index (χ0) is 26.5. The predicted octanol–water partition coefficient (Wildman–Crippen LogP) is 5.03. The fourth-order valence-corrected chi connectivity index (χ4v) is 5.03. The number of hydrogen-bond donors (Lipinski definition) is 3. The highest BCUT2D eigenvalue weighted by Crippen LogP contribution is 2.25. The molecule has 192 valence electrons. The van der Waals surface area contributed by atoms with Crippen LogP contribution in [0.3, 0.4) is 0 Å². The molecule has 10 nitrogen and oxygen atoms in total. The first kappa shape index (κ1) is 24.9. The van der Waals surface area contributed by atoms with E-state index in [9.17, 15) is 13.2 Å². The third-order valence-electron chi connectivity index (χ3n) is 5.67. The van der Waals surface area contributed by atoms with Crippen molar-refractivity contribution in [1.82, 2.24) is 19.5 Å². The number of nitrogens with zero attached hydrogens (tertiary/aromatic N) is 4. The Morgan fingerprint density at radius 1 is 0.895 bits per heavy atom. The van der Waals surface area contributed by atoms with Gasteiger partial charge in [0.1, 0.15) is 0 Å². The molecular formula is C27H25N7O3S. The number of carbonyl (C=O) groups is 1. The molecule has 2 aromatic heterocycles. The molecule has 0 saturated heterocycles. The second-order valence-electron chi connectivity index (χ2n) is 8.44. The average Bonchev–Trinajstić information content (AvgIpc) is 3.26. The number of imidazole rings is 1. The zero-order valence-electron chi connectivity index (χ0n) is 20.5. The number of benzene rings is 3. The summed E-state index contributed by atoms with van der Waals surface area (Å²) in [6.45, 7) is 2.69. The minimum atomic E-state index is -3.79. The Kier molecular flexibility index (Phi) is 7.00. The highest BCUT2D eigenvalue weighted by atomic mass is 32.2. The quantitative estimate of drug-likeness (QED) is 0.245. The van der Waals surface area contributed by atoms with Crippen LogP contribution in [0.15, 0.2) is 96.2 Å². The summed E-state index contributed by atoms with van der Waals surface area (Å²) in [5.74, 6) is 0.459. The number of nitrogens with one attached hydrogen (secondary N) is 3. The van der Waals surface area contributed by atoms with Crippen LogP contribution in [0.5, 0.6) is 0 Å². The summed E-state index contributed by atoms with van der Waals surface area (Å²) >= 11 is 0. The fourth-order valence-electron chi connectivity index (χ4n) is 3.96. The van der Waals surface area contributed by atoms with Gasteiger partial charge in [-0.25, -0.2) is 23.4 Å². The SMILES string of the molecule is CCCn1c(NC(=O)c2cccc(NS(=O)(=O)c3ccccc3)c2)nc2cc(Nc3ncccn3)ccc21. The Hall–Kier alpha value is -4.77. The second kappa shape index (κ2) is 10.7. The van der Waals surface area contributed by atoms with E-state index in [2.05, 4.69) is 30.3 Å². The van der Waals surface area contributed by atoms with E-state index in [0.717, 1.165) is 17.6 Å². The molecule has 0 aliphatic heterocycles. The molecule has 2 heterocycles. The number of carbonyl (C=O) groups excluding carboxylic acids is 1. The Labute approximate surface area is 219 Å². The zero-order valence-corrected chi connectivity index (χ0v) is 21.3. The molecule has 0 bridgehead atoms. The fraction of sp³-hybridized carbons (Fsp3) is 0.111. The number of sulfonamides is 1. The topological polar surface area (TPSA) is 131 Å². The molecular weight excluding hydrogens is 502 g/mol. The van der Waals surface area contributed by atoms with Crippen LogP contribution in [0.1, 0.15) is 23.7 Å². The van der Waals surface area contributed by atoms with Crippen molar-refractivity contribution >= 4 is 50.2 Å². The number of aryl methyl sites for hydroxylation is 1. The molecule has 5 rings (SSSR count). The van der Waals surface area contributed by atoms with Gasteiger partial charge in [0.15, 0.2) is 0 Å². The van der Waals surface area contributed by atoms with Gasteiger partial charge in [-0.05, 0) is 61.0 Å². The minimum Gasteiger partial charge on any atom is -0.324 e. The van der Waals surface area contributed by atoms with Crippen LogP contribution >= 0.6 is 0 Å². The summed E-state index contributed by atoms with van der Waals surface area (Å²) in [7, 11) is -3.79. The highest BCUT2D eigenvalue weighted by molar-refractivity contribution is 7.92. The van der Waals surface area contributed by atoms with E-state index in [-0.39, 0.29) is 16.1 Å². The first-order chi connectivity index (χ1) is 18.4. The third-order valence-corrected chi connectivity index (χ3v) is 7.07. The van der Waals surface area contributed by atoms with Gasteiger partial charge in [-0.15, -0.1) is 0 Å². The first-order valence-electron chi connectivity index (χ1n) is 12.0. The lowest BCUT2D eigenvalue weighted by atomic mass is 10.2. The van der Waals surface area contributed by atoms with Crippen molar-refractivity contribution in [3.63, 3.8) is 0 Å². The van der Waals surface area contributed by atoms with Gasteiger partial charge in [0, 0.05) is 35.9 Å². The number of fused-ring (bicyclic) bond motifs is 1. The summed E-state index contributed by atoms with van der Waals surface area (Å²) in [5.41, 5.74) is 2.89. The van der Waals surface area contributed by atoms with Crippen molar-refractivity contribution in [2.75, 3.05) is 15.4 Å². The molecule has 1 amide bonds. The summed E-state index contributed by atoms with van der Waals surface area (Å²) in [5, 5.41) is 6.03.